The highest BCUT2D eigenvalue weighted by Crippen LogP contribution is 2.48. The topological polar surface area (TPSA) is 103 Å². The van der Waals surface area contributed by atoms with E-state index in [0.29, 0.717) is 26.0 Å². The van der Waals surface area contributed by atoms with E-state index in [2.05, 4.69) is 15.7 Å². The van der Waals surface area contributed by atoms with Gasteiger partial charge >= 0.3 is 5.97 Å². The summed E-state index contributed by atoms with van der Waals surface area (Å²) in [6.07, 6.45) is 2.77. The Morgan fingerprint density at radius 1 is 1.29 bits per heavy atom. The van der Waals surface area contributed by atoms with Crippen molar-refractivity contribution in [2.24, 2.45) is 16.8 Å². The number of amides is 2. The van der Waals surface area contributed by atoms with Gasteiger partial charge < -0.3 is 15.0 Å². The molecule has 1 unspecified atom stereocenters. The first-order chi connectivity index (χ1) is 14.8. The first-order valence-corrected chi connectivity index (χ1v) is 10.7. The SMILES string of the molecule is CCOC(=O)[C@@H]1[C@@H]2CC[C@H](NC(=O)C3(C)N=CN(Cc4ccccc4)N3)C(=O)N(C)[C@@H]21. The molecule has 2 fully saturated rings. The van der Waals surface area contributed by atoms with E-state index in [1.807, 2.05) is 30.3 Å². The van der Waals surface area contributed by atoms with Crippen molar-refractivity contribution < 1.29 is 19.1 Å². The number of rotatable bonds is 6. The van der Waals surface area contributed by atoms with Gasteiger partial charge in [0, 0.05) is 13.1 Å². The number of nitrogens with one attached hydrogen (secondary N) is 2. The van der Waals surface area contributed by atoms with Gasteiger partial charge in [0.1, 0.15) is 12.4 Å². The van der Waals surface area contributed by atoms with Crippen molar-refractivity contribution >= 4 is 24.1 Å². The number of hydrazine groups is 1. The van der Waals surface area contributed by atoms with E-state index < -0.39 is 11.7 Å². The number of nitrogens with zero attached hydrogens (tertiary/aromatic N) is 3. The third-order valence-electron chi connectivity index (χ3n) is 6.33. The summed E-state index contributed by atoms with van der Waals surface area (Å²) in [5.41, 5.74) is 3.01. The second kappa shape index (κ2) is 8.30. The van der Waals surface area contributed by atoms with E-state index in [4.69, 9.17) is 4.74 Å². The van der Waals surface area contributed by atoms with Gasteiger partial charge in [0.2, 0.25) is 11.6 Å². The molecule has 2 heterocycles. The second-order valence-corrected chi connectivity index (χ2v) is 8.53. The van der Waals surface area contributed by atoms with Crippen LogP contribution in [0, 0.1) is 11.8 Å². The summed E-state index contributed by atoms with van der Waals surface area (Å²) in [5, 5.41) is 4.63. The Morgan fingerprint density at radius 2 is 2.03 bits per heavy atom. The van der Waals surface area contributed by atoms with Gasteiger partial charge in [-0.25, -0.2) is 4.99 Å². The molecular formula is C22H29N5O4. The quantitative estimate of drug-likeness (QED) is 0.647. The number of ether oxygens (including phenoxy) is 1. The Kier molecular flexibility index (Phi) is 5.70. The van der Waals surface area contributed by atoms with Crippen LogP contribution in [0.4, 0.5) is 0 Å². The summed E-state index contributed by atoms with van der Waals surface area (Å²) in [6, 6.07) is 9.09. The van der Waals surface area contributed by atoms with Gasteiger partial charge in [-0.2, -0.15) is 5.43 Å². The standard InChI is InChI=1S/C22H29N5O4/c1-4-31-20(29)17-15-10-11-16(19(28)26(3)18(15)17)24-21(30)22(2)23-13-27(25-22)12-14-8-6-5-7-9-14/h5-9,13,15-18,25H,4,10-12H2,1-3H3,(H,24,30)/t15-,16-,17+,18-,22?/m0/s1. The molecule has 166 valence electrons. The van der Waals surface area contributed by atoms with Crippen molar-refractivity contribution in [2.45, 2.75) is 51.0 Å². The molecule has 0 spiro atoms. The van der Waals surface area contributed by atoms with E-state index in [1.165, 1.54) is 0 Å². The van der Waals surface area contributed by atoms with Crippen molar-refractivity contribution in [1.82, 2.24) is 20.7 Å². The van der Waals surface area contributed by atoms with Gasteiger partial charge in [-0.1, -0.05) is 30.3 Å². The van der Waals surface area contributed by atoms with Gasteiger partial charge in [0.15, 0.2) is 0 Å². The summed E-state index contributed by atoms with van der Waals surface area (Å²) in [4.78, 5) is 44.0. The molecule has 3 aliphatic rings. The van der Waals surface area contributed by atoms with E-state index in [-0.39, 0.29) is 35.7 Å². The van der Waals surface area contributed by atoms with Crippen LogP contribution in [-0.4, -0.2) is 65.4 Å². The molecule has 2 amide bonds. The largest absolute Gasteiger partial charge is 0.466 e. The molecule has 5 atom stereocenters. The number of hydrogen-bond acceptors (Lipinski definition) is 7. The van der Waals surface area contributed by atoms with Crippen LogP contribution in [0.15, 0.2) is 35.3 Å². The number of esters is 1. The van der Waals surface area contributed by atoms with Gasteiger partial charge in [-0.15, -0.1) is 0 Å². The van der Waals surface area contributed by atoms with Crippen LogP contribution in [0.3, 0.4) is 0 Å². The smallest absolute Gasteiger partial charge is 0.311 e. The average Bonchev–Trinajstić information content (AvgIpc) is 3.38. The van der Waals surface area contributed by atoms with Crippen LogP contribution in [0.1, 0.15) is 32.3 Å². The molecule has 1 aromatic rings. The molecule has 1 saturated carbocycles. The summed E-state index contributed by atoms with van der Waals surface area (Å²) in [5.74, 6) is -0.941. The van der Waals surface area contributed by atoms with Crippen LogP contribution < -0.4 is 10.7 Å². The number of fused-ring (bicyclic) bond motifs is 1. The molecule has 1 aliphatic carbocycles. The molecule has 9 nitrogen and oxygen atoms in total. The Morgan fingerprint density at radius 3 is 2.74 bits per heavy atom. The second-order valence-electron chi connectivity index (χ2n) is 8.53. The summed E-state index contributed by atoms with van der Waals surface area (Å²) >= 11 is 0. The summed E-state index contributed by atoms with van der Waals surface area (Å²) in [7, 11) is 1.69. The normalized spacial score (nSPS) is 31.8. The first kappa shape index (κ1) is 21.3. The number of hydrogen-bond donors (Lipinski definition) is 2. The van der Waals surface area contributed by atoms with Crippen molar-refractivity contribution in [3.05, 3.63) is 35.9 Å². The monoisotopic (exact) mass is 427 g/mol. The number of likely N-dealkylation sites (tertiary alicyclic amines) is 1. The van der Waals surface area contributed by atoms with Gasteiger partial charge in [0.05, 0.1) is 19.1 Å². The fraction of sp³-hybridized carbons (Fsp3) is 0.545. The first-order valence-electron chi connectivity index (χ1n) is 10.7. The molecular weight excluding hydrogens is 398 g/mol. The van der Waals surface area contributed by atoms with Crippen molar-refractivity contribution in [3.8, 4) is 0 Å². The zero-order valence-electron chi connectivity index (χ0n) is 18.1. The highest BCUT2D eigenvalue weighted by atomic mass is 16.5. The molecule has 2 N–H and O–H groups in total. The average molecular weight is 428 g/mol. The lowest BCUT2D eigenvalue weighted by molar-refractivity contribution is -0.146. The number of benzene rings is 1. The lowest BCUT2D eigenvalue weighted by Gasteiger charge is -2.28. The van der Waals surface area contributed by atoms with E-state index >= 15 is 0 Å². The molecule has 31 heavy (non-hydrogen) atoms. The highest BCUT2D eigenvalue weighted by Gasteiger charge is 2.60. The van der Waals surface area contributed by atoms with E-state index in [1.54, 1.807) is 37.1 Å². The maximum Gasteiger partial charge on any atom is 0.311 e. The third-order valence-corrected chi connectivity index (χ3v) is 6.33. The molecule has 9 heteroatoms. The number of likely N-dealkylation sites (N-methyl/N-ethyl adjacent to an activating group) is 1. The molecule has 0 aromatic heterocycles. The van der Waals surface area contributed by atoms with Crippen molar-refractivity contribution in [3.63, 3.8) is 0 Å². The highest BCUT2D eigenvalue weighted by molar-refractivity contribution is 5.94. The minimum atomic E-state index is -1.18. The lowest BCUT2D eigenvalue weighted by Crippen LogP contribution is -2.58. The van der Waals surface area contributed by atoms with E-state index in [9.17, 15) is 14.4 Å². The van der Waals surface area contributed by atoms with Crippen LogP contribution in [0.5, 0.6) is 0 Å². The van der Waals surface area contributed by atoms with Crippen LogP contribution in [-0.2, 0) is 25.7 Å². The Bertz CT molecular complexity index is 891. The number of carbonyl (C=O) groups is 3. The minimum absolute atomic E-state index is 0.0921. The maximum absolute atomic E-state index is 13.0. The van der Waals surface area contributed by atoms with Gasteiger partial charge in [0.25, 0.3) is 5.91 Å². The van der Waals surface area contributed by atoms with Crippen molar-refractivity contribution in [1.29, 1.82) is 0 Å². The Labute approximate surface area is 181 Å². The summed E-state index contributed by atoms with van der Waals surface area (Å²) in [6.45, 7) is 4.36. The number of carbonyl (C=O) groups excluding carboxylic acids is 3. The molecule has 1 saturated heterocycles. The Hall–Kier alpha value is -2.94. The van der Waals surface area contributed by atoms with Crippen molar-refractivity contribution in [2.75, 3.05) is 13.7 Å². The molecule has 2 aliphatic heterocycles. The molecule has 0 radical (unpaired) electrons. The molecule has 0 bridgehead atoms. The molecule has 4 rings (SSSR count). The van der Waals surface area contributed by atoms with Gasteiger partial charge in [-0.3, -0.25) is 19.4 Å². The number of aliphatic imine (C=N–C) groups is 1. The zero-order valence-corrected chi connectivity index (χ0v) is 18.1. The summed E-state index contributed by atoms with van der Waals surface area (Å²) < 4.78 is 5.13. The van der Waals surface area contributed by atoms with Crippen LogP contribution >= 0.6 is 0 Å². The van der Waals surface area contributed by atoms with Crippen LogP contribution in [0.25, 0.3) is 0 Å². The molecule has 1 aromatic carbocycles. The maximum atomic E-state index is 13.0. The Balaban J connectivity index is 1.34. The van der Waals surface area contributed by atoms with E-state index in [0.717, 1.165) is 5.56 Å². The van der Waals surface area contributed by atoms with Gasteiger partial charge in [-0.05, 0) is 38.2 Å². The fourth-order valence-corrected chi connectivity index (χ4v) is 4.59. The predicted octanol–water partition coefficient (Wildman–Crippen LogP) is 0.666. The van der Waals surface area contributed by atoms with Crippen LogP contribution in [0.2, 0.25) is 0 Å². The fourth-order valence-electron chi connectivity index (χ4n) is 4.59. The lowest BCUT2D eigenvalue weighted by atomic mass is 10.1. The minimum Gasteiger partial charge on any atom is -0.466 e. The third kappa shape index (κ3) is 4.14. The zero-order chi connectivity index (χ0) is 22.2. The predicted molar refractivity (Wildman–Crippen MR) is 113 cm³/mol.